The van der Waals surface area contributed by atoms with Crippen LogP contribution in [0.25, 0.3) is 0 Å². The van der Waals surface area contributed by atoms with Crippen LogP contribution in [0.4, 0.5) is 10.1 Å². The Morgan fingerprint density at radius 2 is 2.17 bits per heavy atom. The van der Waals surface area contributed by atoms with Gasteiger partial charge in [-0.05, 0) is 37.5 Å². The average Bonchev–Trinajstić information content (AvgIpc) is 2.33. The number of anilines is 1. The minimum Gasteiger partial charge on any atom is -0.398 e. The molecule has 0 saturated carbocycles. The molecule has 2 N–H and O–H groups in total. The highest BCUT2D eigenvalue weighted by molar-refractivity contribution is 7.91. The largest absolute Gasteiger partial charge is 0.398 e. The highest BCUT2D eigenvalue weighted by Crippen LogP contribution is 2.24. The molecule has 1 unspecified atom stereocenters. The molecule has 0 amide bonds. The molecule has 6 heteroatoms. The molecular formula is C12H16FNO3S. The molecule has 1 heterocycles. The number of ether oxygens (including phenoxy) is 1. The maximum atomic E-state index is 13.1. The molecule has 1 aliphatic heterocycles. The van der Waals surface area contributed by atoms with Crippen LogP contribution in [-0.4, -0.2) is 26.9 Å². The Labute approximate surface area is 106 Å². The fourth-order valence-corrected chi connectivity index (χ4v) is 3.70. The van der Waals surface area contributed by atoms with Crippen molar-refractivity contribution in [1.29, 1.82) is 0 Å². The van der Waals surface area contributed by atoms with Crippen LogP contribution in [0.5, 0.6) is 0 Å². The standard InChI is InChI=1S/C12H16FNO3S/c13-9-4-5-11(14)12(7-9)18(15,16)8-10-3-1-2-6-17-10/h4-5,7,10H,1-3,6,8,14H2. The number of benzene rings is 1. The Morgan fingerprint density at radius 1 is 1.39 bits per heavy atom. The number of nitrogens with two attached hydrogens (primary N) is 1. The van der Waals surface area contributed by atoms with Gasteiger partial charge in [-0.15, -0.1) is 0 Å². The minimum absolute atomic E-state index is 0.0761. The van der Waals surface area contributed by atoms with Crippen LogP contribution in [-0.2, 0) is 14.6 Å². The molecule has 1 aliphatic rings. The van der Waals surface area contributed by atoms with E-state index in [4.69, 9.17) is 10.5 Å². The first-order chi connectivity index (χ1) is 8.49. The van der Waals surface area contributed by atoms with E-state index in [2.05, 4.69) is 0 Å². The lowest BCUT2D eigenvalue weighted by Gasteiger charge is -2.22. The number of sulfone groups is 1. The van der Waals surface area contributed by atoms with Gasteiger partial charge in [0.05, 0.1) is 22.4 Å². The van der Waals surface area contributed by atoms with E-state index in [9.17, 15) is 12.8 Å². The van der Waals surface area contributed by atoms with Crippen LogP contribution in [0, 0.1) is 5.82 Å². The summed E-state index contributed by atoms with van der Waals surface area (Å²) in [6, 6.07) is 3.38. The summed E-state index contributed by atoms with van der Waals surface area (Å²) in [4.78, 5) is -0.142. The molecular weight excluding hydrogens is 257 g/mol. The average molecular weight is 273 g/mol. The van der Waals surface area contributed by atoms with Gasteiger partial charge in [0.1, 0.15) is 5.82 Å². The van der Waals surface area contributed by atoms with Crippen molar-refractivity contribution in [2.45, 2.75) is 30.3 Å². The molecule has 0 aliphatic carbocycles. The van der Waals surface area contributed by atoms with Crippen LogP contribution in [0.15, 0.2) is 23.1 Å². The first-order valence-electron chi connectivity index (χ1n) is 5.88. The zero-order valence-corrected chi connectivity index (χ0v) is 10.7. The number of rotatable bonds is 3. The molecule has 1 fully saturated rings. The molecule has 0 spiro atoms. The zero-order chi connectivity index (χ0) is 13.2. The van der Waals surface area contributed by atoms with Crippen molar-refractivity contribution in [1.82, 2.24) is 0 Å². The van der Waals surface area contributed by atoms with E-state index in [0.29, 0.717) is 13.0 Å². The summed E-state index contributed by atoms with van der Waals surface area (Å²) in [6.07, 6.45) is 2.32. The molecule has 100 valence electrons. The zero-order valence-electron chi connectivity index (χ0n) is 9.93. The van der Waals surface area contributed by atoms with Gasteiger partial charge in [0, 0.05) is 6.61 Å². The quantitative estimate of drug-likeness (QED) is 0.852. The van der Waals surface area contributed by atoms with E-state index in [1.54, 1.807) is 0 Å². The molecule has 0 radical (unpaired) electrons. The molecule has 4 nitrogen and oxygen atoms in total. The van der Waals surface area contributed by atoms with Crippen molar-refractivity contribution in [2.75, 3.05) is 18.1 Å². The van der Waals surface area contributed by atoms with Gasteiger partial charge >= 0.3 is 0 Å². The van der Waals surface area contributed by atoms with E-state index >= 15 is 0 Å². The predicted molar refractivity (Wildman–Crippen MR) is 66.5 cm³/mol. The molecule has 1 atom stereocenters. The van der Waals surface area contributed by atoms with Gasteiger partial charge in [0.15, 0.2) is 9.84 Å². The monoisotopic (exact) mass is 273 g/mol. The fraction of sp³-hybridized carbons (Fsp3) is 0.500. The molecule has 2 rings (SSSR count). The van der Waals surface area contributed by atoms with Crippen LogP contribution in [0.1, 0.15) is 19.3 Å². The highest BCUT2D eigenvalue weighted by Gasteiger charge is 2.25. The second-order valence-electron chi connectivity index (χ2n) is 4.45. The third-order valence-corrected chi connectivity index (χ3v) is 4.82. The molecule has 18 heavy (non-hydrogen) atoms. The third kappa shape index (κ3) is 3.00. The molecule has 0 bridgehead atoms. The van der Waals surface area contributed by atoms with Gasteiger partial charge < -0.3 is 10.5 Å². The number of halogens is 1. The summed E-state index contributed by atoms with van der Waals surface area (Å²) < 4.78 is 42.8. The lowest BCUT2D eigenvalue weighted by molar-refractivity contribution is 0.0305. The van der Waals surface area contributed by atoms with Crippen LogP contribution >= 0.6 is 0 Å². The summed E-state index contributed by atoms with van der Waals surface area (Å²) in [5.41, 5.74) is 5.67. The lowest BCUT2D eigenvalue weighted by atomic mass is 10.1. The van der Waals surface area contributed by atoms with E-state index in [1.807, 2.05) is 0 Å². The summed E-state index contributed by atoms with van der Waals surface area (Å²) in [6.45, 7) is 0.582. The predicted octanol–water partition coefficient (Wildman–Crippen LogP) is 1.75. The second-order valence-corrected chi connectivity index (χ2v) is 6.45. The maximum absolute atomic E-state index is 13.1. The summed E-state index contributed by atoms with van der Waals surface area (Å²) in [5, 5.41) is 0. The highest BCUT2D eigenvalue weighted by atomic mass is 32.2. The van der Waals surface area contributed by atoms with Gasteiger partial charge in [-0.1, -0.05) is 0 Å². The number of hydrogen-bond acceptors (Lipinski definition) is 4. The smallest absolute Gasteiger partial charge is 0.183 e. The second kappa shape index (κ2) is 5.24. The van der Waals surface area contributed by atoms with E-state index in [0.717, 1.165) is 25.0 Å². The number of hydrogen-bond donors (Lipinski definition) is 1. The van der Waals surface area contributed by atoms with E-state index in [-0.39, 0.29) is 22.4 Å². The summed E-state index contributed by atoms with van der Waals surface area (Å²) >= 11 is 0. The molecule has 1 aromatic rings. The van der Waals surface area contributed by atoms with Gasteiger partial charge in [-0.25, -0.2) is 12.8 Å². The summed E-state index contributed by atoms with van der Waals surface area (Å²) in [7, 11) is -3.60. The van der Waals surface area contributed by atoms with Crippen LogP contribution in [0.3, 0.4) is 0 Å². The Kier molecular flexibility index (Phi) is 3.87. The normalized spacial score (nSPS) is 20.8. The van der Waals surface area contributed by atoms with Crippen molar-refractivity contribution in [3.63, 3.8) is 0 Å². The Hall–Kier alpha value is -1.14. The number of nitrogen functional groups attached to an aromatic ring is 1. The van der Waals surface area contributed by atoms with Gasteiger partial charge in [0.2, 0.25) is 0 Å². The first-order valence-corrected chi connectivity index (χ1v) is 7.53. The van der Waals surface area contributed by atoms with Crippen molar-refractivity contribution >= 4 is 15.5 Å². The topological polar surface area (TPSA) is 69.4 Å². The Balaban J connectivity index is 2.21. The lowest BCUT2D eigenvalue weighted by Crippen LogP contribution is -2.28. The maximum Gasteiger partial charge on any atom is 0.183 e. The molecule has 0 aromatic heterocycles. The minimum atomic E-state index is -3.60. The first kappa shape index (κ1) is 13.3. The molecule has 1 saturated heterocycles. The third-order valence-electron chi connectivity index (χ3n) is 2.99. The SMILES string of the molecule is Nc1ccc(F)cc1S(=O)(=O)CC1CCCCO1. The van der Waals surface area contributed by atoms with Crippen molar-refractivity contribution in [3.8, 4) is 0 Å². The van der Waals surface area contributed by atoms with Crippen LogP contribution < -0.4 is 5.73 Å². The van der Waals surface area contributed by atoms with E-state index < -0.39 is 15.7 Å². The van der Waals surface area contributed by atoms with Crippen LogP contribution in [0.2, 0.25) is 0 Å². The van der Waals surface area contributed by atoms with Crippen molar-refractivity contribution in [2.24, 2.45) is 0 Å². The van der Waals surface area contributed by atoms with Gasteiger partial charge in [-0.2, -0.15) is 0 Å². The fourth-order valence-electron chi connectivity index (χ4n) is 2.05. The van der Waals surface area contributed by atoms with Gasteiger partial charge in [0.25, 0.3) is 0 Å². The van der Waals surface area contributed by atoms with Crippen molar-refractivity contribution < 1.29 is 17.5 Å². The van der Waals surface area contributed by atoms with E-state index in [1.165, 1.54) is 6.07 Å². The Bertz CT molecular complexity index is 524. The Morgan fingerprint density at radius 3 is 2.83 bits per heavy atom. The summed E-state index contributed by atoms with van der Waals surface area (Å²) in [5.74, 6) is -0.743. The molecule has 1 aromatic carbocycles. The van der Waals surface area contributed by atoms with Crippen molar-refractivity contribution in [3.05, 3.63) is 24.0 Å². The van der Waals surface area contributed by atoms with Gasteiger partial charge in [-0.3, -0.25) is 0 Å².